The van der Waals surface area contributed by atoms with Crippen LogP contribution in [0.1, 0.15) is 15.9 Å². The van der Waals surface area contributed by atoms with E-state index in [-0.39, 0.29) is 12.3 Å². The Morgan fingerprint density at radius 1 is 1.04 bits per heavy atom. The van der Waals surface area contributed by atoms with Crippen LogP contribution in [0.5, 0.6) is 0 Å². The maximum Gasteiger partial charge on any atom is 0.287 e. The van der Waals surface area contributed by atoms with Crippen molar-refractivity contribution >= 4 is 17.4 Å². The summed E-state index contributed by atoms with van der Waals surface area (Å²) in [5.41, 5.74) is 3.81. The number of hydrogen-bond donors (Lipinski definition) is 0. The molecule has 0 amide bonds. The highest BCUT2D eigenvalue weighted by atomic mass is 35.5. The molecule has 0 fully saturated rings. The molecule has 0 bridgehead atoms. The molecule has 3 rings (SSSR count). The maximum atomic E-state index is 12.2. The lowest BCUT2D eigenvalue weighted by atomic mass is 10.1. The molecule has 0 aliphatic heterocycles. The molecule has 0 N–H and O–H groups in total. The van der Waals surface area contributed by atoms with Crippen molar-refractivity contribution in [1.29, 1.82) is 0 Å². The second-order valence-electron chi connectivity index (χ2n) is 5.41. The van der Waals surface area contributed by atoms with Crippen LogP contribution in [-0.4, -0.2) is 10.8 Å². The van der Waals surface area contributed by atoms with Gasteiger partial charge in [0.25, 0.3) is 6.33 Å². The first-order valence-electron chi connectivity index (χ1n) is 7.33. The molecule has 4 heteroatoms. The van der Waals surface area contributed by atoms with Crippen molar-refractivity contribution in [3.05, 3.63) is 83.3 Å². The van der Waals surface area contributed by atoms with Crippen molar-refractivity contribution < 1.29 is 9.36 Å². The summed E-state index contributed by atoms with van der Waals surface area (Å²) in [6, 6.07) is 17.0. The van der Waals surface area contributed by atoms with Gasteiger partial charge in [0, 0.05) is 22.2 Å². The summed E-state index contributed by atoms with van der Waals surface area (Å²) in [6.07, 6.45) is 3.55. The average molecular weight is 324 g/mol. The summed E-state index contributed by atoms with van der Waals surface area (Å²) in [5.74, 6) is 0.0246. The van der Waals surface area contributed by atoms with Gasteiger partial charge in [0.05, 0.1) is 6.20 Å². The Morgan fingerprint density at radius 2 is 1.74 bits per heavy atom. The van der Waals surface area contributed by atoms with E-state index in [0.29, 0.717) is 10.6 Å². The van der Waals surface area contributed by atoms with E-state index in [2.05, 4.69) is 24.0 Å². The van der Waals surface area contributed by atoms with Gasteiger partial charge >= 0.3 is 0 Å². The highest BCUT2D eigenvalue weighted by Gasteiger charge is 2.11. The van der Waals surface area contributed by atoms with Gasteiger partial charge in [0.2, 0.25) is 5.78 Å². The van der Waals surface area contributed by atoms with Crippen LogP contribution in [0.15, 0.2) is 67.1 Å². The zero-order valence-corrected chi connectivity index (χ0v) is 13.5. The molecule has 1 heterocycles. The number of halogens is 1. The van der Waals surface area contributed by atoms with Crippen LogP contribution < -0.4 is 4.57 Å². The minimum atomic E-state index is 0.0246. The van der Waals surface area contributed by atoms with E-state index in [0.717, 1.165) is 11.3 Å². The van der Waals surface area contributed by atoms with Crippen LogP contribution in [0.2, 0.25) is 5.02 Å². The summed E-state index contributed by atoms with van der Waals surface area (Å²) in [7, 11) is 0. The molecular formula is C19H16ClN2O+. The number of ketones is 1. The van der Waals surface area contributed by atoms with E-state index >= 15 is 0 Å². The smallest absolute Gasteiger partial charge is 0.287 e. The fourth-order valence-corrected chi connectivity index (χ4v) is 2.39. The van der Waals surface area contributed by atoms with Gasteiger partial charge in [-0.1, -0.05) is 41.4 Å². The van der Waals surface area contributed by atoms with E-state index in [1.165, 1.54) is 5.56 Å². The summed E-state index contributed by atoms with van der Waals surface area (Å²) >= 11 is 5.84. The van der Waals surface area contributed by atoms with Gasteiger partial charge in [-0.3, -0.25) is 4.79 Å². The van der Waals surface area contributed by atoms with Crippen molar-refractivity contribution in [1.82, 2.24) is 4.98 Å². The maximum absolute atomic E-state index is 12.2. The predicted molar refractivity (Wildman–Crippen MR) is 90.4 cm³/mol. The number of Topliss-reactive ketones (excluding diaryl/α,β-unsaturated/α-hetero) is 1. The fourth-order valence-electron chi connectivity index (χ4n) is 2.27. The minimum Gasteiger partial charge on any atom is -0.290 e. The van der Waals surface area contributed by atoms with E-state index < -0.39 is 0 Å². The summed E-state index contributed by atoms with van der Waals surface area (Å²) in [5, 5.41) is 0.623. The van der Waals surface area contributed by atoms with Crippen LogP contribution in [0.4, 0.5) is 0 Å². The van der Waals surface area contributed by atoms with Gasteiger partial charge in [-0.2, -0.15) is 0 Å². The molecule has 0 spiro atoms. The molecule has 0 radical (unpaired) electrons. The number of rotatable bonds is 4. The van der Waals surface area contributed by atoms with Crippen LogP contribution in [0.25, 0.3) is 11.3 Å². The normalized spacial score (nSPS) is 10.5. The third-order valence-corrected chi connectivity index (χ3v) is 3.86. The minimum absolute atomic E-state index is 0.0246. The molecule has 0 aliphatic carbocycles. The van der Waals surface area contributed by atoms with E-state index in [1.807, 2.05) is 24.4 Å². The Labute approximate surface area is 140 Å². The largest absolute Gasteiger partial charge is 0.290 e. The summed E-state index contributed by atoms with van der Waals surface area (Å²) < 4.78 is 1.77. The lowest BCUT2D eigenvalue weighted by Crippen LogP contribution is -2.37. The molecule has 3 nitrogen and oxygen atoms in total. The van der Waals surface area contributed by atoms with Crippen molar-refractivity contribution in [3.63, 3.8) is 0 Å². The molecule has 114 valence electrons. The Balaban J connectivity index is 1.73. The van der Waals surface area contributed by atoms with Gasteiger partial charge < -0.3 is 0 Å². The van der Waals surface area contributed by atoms with Gasteiger partial charge in [-0.05, 0) is 36.2 Å². The number of carbonyl (C=O) groups is 1. The number of aryl methyl sites for hydroxylation is 1. The first-order chi connectivity index (χ1) is 11.1. The lowest BCUT2D eigenvalue weighted by molar-refractivity contribution is -0.686. The third-order valence-electron chi connectivity index (χ3n) is 3.61. The molecule has 0 saturated heterocycles. The second kappa shape index (κ2) is 6.71. The first kappa shape index (κ1) is 15.4. The monoisotopic (exact) mass is 323 g/mol. The second-order valence-corrected chi connectivity index (χ2v) is 5.85. The van der Waals surface area contributed by atoms with E-state index in [4.69, 9.17) is 11.6 Å². The molecule has 0 saturated carbocycles. The molecule has 23 heavy (non-hydrogen) atoms. The number of benzene rings is 2. The molecule has 2 aromatic carbocycles. The molecule has 0 unspecified atom stereocenters. The highest BCUT2D eigenvalue weighted by Crippen LogP contribution is 2.15. The van der Waals surface area contributed by atoms with Crippen LogP contribution >= 0.6 is 11.6 Å². The molecule has 0 atom stereocenters. The van der Waals surface area contributed by atoms with Gasteiger partial charge in [0.15, 0.2) is 12.2 Å². The SMILES string of the molecule is Cc1ccc(-c2cc[n+](CC(=O)c3ccc(Cl)cc3)cn2)cc1. The number of carbonyl (C=O) groups excluding carboxylic acids is 1. The summed E-state index contributed by atoms with van der Waals surface area (Å²) in [6.45, 7) is 2.31. The molecule has 0 aliphatic rings. The average Bonchev–Trinajstić information content (AvgIpc) is 2.57. The fraction of sp³-hybridized carbons (Fsp3) is 0.105. The zero-order valence-electron chi connectivity index (χ0n) is 12.7. The van der Waals surface area contributed by atoms with Crippen molar-refractivity contribution in [2.24, 2.45) is 0 Å². The van der Waals surface area contributed by atoms with Crippen molar-refractivity contribution in [2.45, 2.75) is 13.5 Å². The quantitative estimate of drug-likeness (QED) is 0.539. The third kappa shape index (κ3) is 3.82. The molecule has 1 aromatic heterocycles. The molecular weight excluding hydrogens is 308 g/mol. The van der Waals surface area contributed by atoms with Crippen LogP contribution in [-0.2, 0) is 6.54 Å². The van der Waals surface area contributed by atoms with Gasteiger partial charge in [-0.15, -0.1) is 0 Å². The van der Waals surface area contributed by atoms with Gasteiger partial charge in [-0.25, -0.2) is 4.57 Å². The topological polar surface area (TPSA) is 33.8 Å². The lowest BCUT2D eigenvalue weighted by Gasteiger charge is -2.01. The number of aromatic nitrogens is 2. The Kier molecular flexibility index (Phi) is 4.49. The first-order valence-corrected chi connectivity index (χ1v) is 7.70. The number of nitrogens with zero attached hydrogens (tertiary/aromatic N) is 2. The highest BCUT2D eigenvalue weighted by molar-refractivity contribution is 6.30. The van der Waals surface area contributed by atoms with Crippen LogP contribution in [0, 0.1) is 6.92 Å². The number of hydrogen-bond acceptors (Lipinski definition) is 2. The van der Waals surface area contributed by atoms with Crippen molar-refractivity contribution in [2.75, 3.05) is 0 Å². The Hall–Kier alpha value is -2.52. The standard InChI is InChI=1S/C19H16ClN2O/c1-14-2-4-15(5-3-14)18-10-11-22(13-21-18)12-19(23)16-6-8-17(20)9-7-16/h2-11,13H,12H2,1H3/q+1. The van der Waals surface area contributed by atoms with Crippen LogP contribution in [0.3, 0.4) is 0 Å². The summed E-state index contributed by atoms with van der Waals surface area (Å²) in [4.78, 5) is 16.7. The van der Waals surface area contributed by atoms with E-state index in [1.54, 1.807) is 35.2 Å². The Morgan fingerprint density at radius 3 is 2.35 bits per heavy atom. The van der Waals surface area contributed by atoms with E-state index in [9.17, 15) is 4.79 Å². The van der Waals surface area contributed by atoms with Crippen molar-refractivity contribution in [3.8, 4) is 11.3 Å². The van der Waals surface area contributed by atoms with Gasteiger partial charge in [0.1, 0.15) is 0 Å². The molecule has 3 aromatic rings. The zero-order chi connectivity index (χ0) is 16.2. The Bertz CT molecular complexity index is 809. The predicted octanol–water partition coefficient (Wildman–Crippen LogP) is 3.88.